The third kappa shape index (κ3) is 3.18. The van der Waals surface area contributed by atoms with Crippen LogP contribution in [-0.2, 0) is 16.9 Å². The van der Waals surface area contributed by atoms with Crippen LogP contribution in [-0.4, -0.2) is 40.6 Å². The lowest BCUT2D eigenvalue weighted by molar-refractivity contribution is 0.102. The topological polar surface area (TPSA) is 120 Å². The van der Waals surface area contributed by atoms with Gasteiger partial charge in [-0.15, -0.1) is 5.10 Å². The van der Waals surface area contributed by atoms with Crippen LogP contribution in [0.5, 0.6) is 0 Å². The molecule has 0 radical (unpaired) electrons. The average molecular weight is 347 g/mol. The van der Waals surface area contributed by atoms with Crippen LogP contribution in [0.1, 0.15) is 10.4 Å². The summed E-state index contributed by atoms with van der Waals surface area (Å²) in [6.07, 6.45) is 2.65. The molecule has 0 atom stereocenters. The van der Waals surface area contributed by atoms with Crippen molar-refractivity contribution in [3.63, 3.8) is 0 Å². The Balaban J connectivity index is 1.81. The highest BCUT2D eigenvalue weighted by molar-refractivity contribution is 7.90. The molecule has 0 bridgehead atoms. The molecule has 0 saturated carbocycles. The Labute approximate surface area is 137 Å². The fourth-order valence-electron chi connectivity index (χ4n) is 2.00. The maximum absolute atomic E-state index is 12.2. The molecule has 1 aromatic carbocycles. The number of anilines is 1. The van der Waals surface area contributed by atoms with E-state index in [0.29, 0.717) is 5.69 Å². The maximum atomic E-state index is 12.2. The van der Waals surface area contributed by atoms with Crippen molar-refractivity contribution in [2.75, 3.05) is 11.6 Å². The van der Waals surface area contributed by atoms with E-state index in [4.69, 9.17) is 4.42 Å². The molecule has 1 amide bonds. The first-order valence-corrected chi connectivity index (χ1v) is 8.67. The molecule has 0 spiro atoms. The zero-order valence-electron chi connectivity index (χ0n) is 12.8. The molecule has 9 nitrogen and oxygen atoms in total. The van der Waals surface area contributed by atoms with Crippen LogP contribution < -0.4 is 5.32 Å². The summed E-state index contributed by atoms with van der Waals surface area (Å²) in [5, 5.41) is 14.0. The van der Waals surface area contributed by atoms with Crippen LogP contribution in [0, 0.1) is 0 Å². The van der Waals surface area contributed by atoms with Crippen LogP contribution in [0.3, 0.4) is 0 Å². The van der Waals surface area contributed by atoms with E-state index < -0.39 is 15.7 Å². The summed E-state index contributed by atoms with van der Waals surface area (Å²) in [7, 11) is -1.69. The van der Waals surface area contributed by atoms with E-state index in [1.807, 2.05) is 0 Å². The zero-order valence-corrected chi connectivity index (χ0v) is 13.6. The summed E-state index contributed by atoms with van der Waals surface area (Å²) in [4.78, 5) is 12.3. The van der Waals surface area contributed by atoms with E-state index in [1.54, 1.807) is 24.0 Å². The third-order valence-corrected chi connectivity index (χ3v) is 4.32. The third-order valence-electron chi connectivity index (χ3n) is 3.21. The van der Waals surface area contributed by atoms with Crippen LogP contribution >= 0.6 is 0 Å². The highest BCUT2D eigenvalue weighted by Gasteiger charge is 2.16. The standard InChI is InChI=1S/C14H13N5O4S/c1-19-11(6-7-15-19)13-17-18-14(23-13)16-12(20)9-4-3-5-10(8-9)24(2,21)22/h3-8H,1-2H3,(H,16,18,20). The smallest absolute Gasteiger partial charge is 0.322 e. The van der Waals surface area contributed by atoms with E-state index in [9.17, 15) is 13.2 Å². The largest absolute Gasteiger partial charge is 0.401 e. The number of hydrogen-bond acceptors (Lipinski definition) is 7. The zero-order chi connectivity index (χ0) is 17.3. The van der Waals surface area contributed by atoms with E-state index in [-0.39, 0.29) is 22.4 Å². The van der Waals surface area contributed by atoms with E-state index in [0.717, 1.165) is 6.26 Å². The molecule has 24 heavy (non-hydrogen) atoms. The van der Waals surface area contributed by atoms with Crippen molar-refractivity contribution in [3.8, 4) is 11.6 Å². The van der Waals surface area contributed by atoms with Gasteiger partial charge in [-0.2, -0.15) is 5.10 Å². The quantitative estimate of drug-likeness (QED) is 0.751. The average Bonchev–Trinajstić information content (AvgIpc) is 3.15. The summed E-state index contributed by atoms with van der Waals surface area (Å²) >= 11 is 0. The van der Waals surface area contributed by atoms with Gasteiger partial charge in [-0.1, -0.05) is 11.2 Å². The summed E-state index contributed by atoms with van der Waals surface area (Å²) < 4.78 is 30.0. The number of nitrogens with one attached hydrogen (secondary N) is 1. The fraction of sp³-hybridized carbons (Fsp3) is 0.143. The van der Waals surface area contributed by atoms with Gasteiger partial charge in [0.1, 0.15) is 5.69 Å². The van der Waals surface area contributed by atoms with Crippen LogP contribution in [0.4, 0.5) is 6.01 Å². The molecular formula is C14H13N5O4S. The number of carbonyl (C=O) groups is 1. The van der Waals surface area contributed by atoms with Crippen molar-refractivity contribution >= 4 is 21.8 Å². The van der Waals surface area contributed by atoms with E-state index in [1.165, 1.54) is 24.3 Å². The Morgan fingerprint density at radius 2 is 2.04 bits per heavy atom. The summed E-state index contributed by atoms with van der Waals surface area (Å²) in [5.74, 6) is -0.351. The lowest BCUT2D eigenvalue weighted by Crippen LogP contribution is -2.13. The minimum absolute atomic E-state index is 0.0521. The number of aromatic nitrogens is 4. The number of nitrogens with zero attached hydrogens (tertiary/aromatic N) is 4. The van der Waals surface area contributed by atoms with Crippen molar-refractivity contribution in [1.82, 2.24) is 20.0 Å². The Bertz CT molecular complexity index is 1010. The molecular weight excluding hydrogens is 334 g/mol. The first-order chi connectivity index (χ1) is 11.3. The predicted octanol–water partition coefficient (Wildman–Crippen LogP) is 1.13. The molecule has 3 rings (SSSR count). The summed E-state index contributed by atoms with van der Waals surface area (Å²) in [5.41, 5.74) is 0.764. The number of rotatable bonds is 4. The second-order valence-electron chi connectivity index (χ2n) is 5.01. The van der Waals surface area contributed by atoms with Gasteiger partial charge < -0.3 is 4.42 Å². The molecule has 124 valence electrons. The van der Waals surface area contributed by atoms with Gasteiger partial charge in [-0.05, 0) is 24.3 Å². The van der Waals surface area contributed by atoms with E-state index >= 15 is 0 Å². The molecule has 0 unspecified atom stereocenters. The van der Waals surface area contributed by atoms with Gasteiger partial charge in [0, 0.05) is 25.1 Å². The highest BCUT2D eigenvalue weighted by atomic mass is 32.2. The first-order valence-electron chi connectivity index (χ1n) is 6.78. The van der Waals surface area contributed by atoms with Crippen molar-refractivity contribution in [2.45, 2.75) is 4.90 Å². The van der Waals surface area contributed by atoms with E-state index in [2.05, 4.69) is 20.6 Å². The Kier molecular flexibility index (Phi) is 3.89. The summed E-state index contributed by atoms with van der Waals surface area (Å²) in [6, 6.07) is 7.26. The van der Waals surface area contributed by atoms with Crippen LogP contribution in [0.2, 0.25) is 0 Å². The van der Waals surface area contributed by atoms with Crippen molar-refractivity contribution in [1.29, 1.82) is 0 Å². The first kappa shape index (κ1) is 15.9. The second kappa shape index (κ2) is 5.89. The number of carbonyl (C=O) groups excluding carboxylic acids is 1. The van der Waals surface area contributed by atoms with Crippen molar-refractivity contribution in [2.24, 2.45) is 7.05 Å². The molecule has 10 heteroatoms. The van der Waals surface area contributed by atoms with Gasteiger partial charge in [-0.25, -0.2) is 8.42 Å². The van der Waals surface area contributed by atoms with Gasteiger partial charge in [0.2, 0.25) is 0 Å². The van der Waals surface area contributed by atoms with Crippen LogP contribution in [0.25, 0.3) is 11.6 Å². The lowest BCUT2D eigenvalue weighted by atomic mass is 10.2. The Morgan fingerprint density at radius 3 is 2.71 bits per heavy atom. The molecule has 0 aliphatic heterocycles. The Hall–Kier alpha value is -3.01. The van der Waals surface area contributed by atoms with Gasteiger partial charge in [0.05, 0.1) is 4.90 Å². The molecule has 2 heterocycles. The predicted molar refractivity (Wildman–Crippen MR) is 84.0 cm³/mol. The molecule has 3 aromatic rings. The van der Waals surface area contributed by atoms with Crippen LogP contribution in [0.15, 0.2) is 45.8 Å². The van der Waals surface area contributed by atoms with Gasteiger partial charge in [0.15, 0.2) is 9.84 Å². The normalized spacial score (nSPS) is 11.4. The van der Waals surface area contributed by atoms with Crippen molar-refractivity contribution in [3.05, 3.63) is 42.1 Å². The lowest BCUT2D eigenvalue weighted by Gasteiger charge is -2.03. The minimum Gasteiger partial charge on any atom is -0.401 e. The monoisotopic (exact) mass is 347 g/mol. The fourth-order valence-corrected chi connectivity index (χ4v) is 2.67. The minimum atomic E-state index is -3.40. The Morgan fingerprint density at radius 1 is 1.25 bits per heavy atom. The highest BCUT2D eigenvalue weighted by Crippen LogP contribution is 2.19. The molecule has 1 N–H and O–H groups in total. The molecule has 0 aliphatic carbocycles. The summed E-state index contributed by atoms with van der Waals surface area (Å²) in [6.45, 7) is 0. The molecule has 0 aliphatic rings. The molecule has 0 saturated heterocycles. The van der Waals surface area contributed by atoms with Gasteiger partial charge in [0.25, 0.3) is 11.8 Å². The van der Waals surface area contributed by atoms with Crippen molar-refractivity contribution < 1.29 is 17.6 Å². The maximum Gasteiger partial charge on any atom is 0.322 e. The molecule has 2 aromatic heterocycles. The SMILES string of the molecule is Cn1nccc1-c1nnc(NC(=O)c2cccc(S(C)(=O)=O)c2)o1. The van der Waals surface area contributed by atoms with Gasteiger partial charge in [-0.3, -0.25) is 14.8 Å². The second-order valence-corrected chi connectivity index (χ2v) is 7.02. The number of benzene rings is 1. The number of hydrogen-bond donors (Lipinski definition) is 1. The number of aryl methyl sites for hydroxylation is 1. The van der Waals surface area contributed by atoms with Gasteiger partial charge >= 0.3 is 6.01 Å². The number of amides is 1. The number of sulfone groups is 1. The molecule has 0 fully saturated rings.